The number of methoxy groups -OCH3 is 1. The molecule has 0 aliphatic rings. The minimum Gasteiger partial charge on any atom is -0.468 e. The number of thiophene rings is 1. The molecule has 0 aliphatic heterocycles. The Morgan fingerprint density at radius 2 is 2.29 bits per heavy atom. The summed E-state index contributed by atoms with van der Waals surface area (Å²) >= 11 is 1.73. The first-order valence-corrected chi connectivity index (χ1v) is 6.98. The van der Waals surface area contributed by atoms with Gasteiger partial charge < -0.3 is 4.74 Å². The molecule has 2 unspecified atom stereocenters. The Hall–Kier alpha value is -0.870. The molecule has 3 nitrogen and oxygen atoms in total. The van der Waals surface area contributed by atoms with E-state index >= 15 is 0 Å². The Morgan fingerprint density at radius 3 is 2.76 bits per heavy atom. The Morgan fingerprint density at radius 1 is 1.53 bits per heavy atom. The number of ether oxygens (including phenoxy) is 1. The van der Waals surface area contributed by atoms with Crippen molar-refractivity contribution in [2.75, 3.05) is 7.11 Å². The normalized spacial score (nSPS) is 14.3. The van der Waals surface area contributed by atoms with E-state index in [-0.39, 0.29) is 18.1 Å². The first kappa shape index (κ1) is 14.2. The summed E-state index contributed by atoms with van der Waals surface area (Å²) in [4.78, 5) is 12.9. The highest BCUT2D eigenvalue weighted by Gasteiger charge is 2.22. The number of esters is 1. The van der Waals surface area contributed by atoms with Crippen LogP contribution in [-0.2, 0) is 9.53 Å². The van der Waals surface area contributed by atoms with E-state index in [2.05, 4.69) is 23.7 Å². The molecular weight excluding hydrogens is 234 g/mol. The van der Waals surface area contributed by atoms with Crippen LogP contribution in [0.3, 0.4) is 0 Å². The van der Waals surface area contributed by atoms with Crippen LogP contribution in [0.1, 0.15) is 44.0 Å². The lowest BCUT2D eigenvalue weighted by atomic mass is 10.1. The fourth-order valence-corrected chi connectivity index (χ4v) is 2.65. The summed E-state index contributed by atoms with van der Waals surface area (Å²) in [5.74, 6) is -0.176. The van der Waals surface area contributed by atoms with Gasteiger partial charge in [-0.05, 0) is 24.3 Å². The van der Waals surface area contributed by atoms with Crippen LogP contribution in [0.25, 0.3) is 0 Å². The molecule has 1 aromatic rings. The molecule has 17 heavy (non-hydrogen) atoms. The van der Waals surface area contributed by atoms with Gasteiger partial charge in [0.25, 0.3) is 0 Å². The van der Waals surface area contributed by atoms with Gasteiger partial charge in [0.2, 0.25) is 0 Å². The molecule has 0 aliphatic carbocycles. The number of hydrogen-bond donors (Lipinski definition) is 1. The lowest BCUT2D eigenvalue weighted by Crippen LogP contribution is -2.39. The number of carbonyl (C=O) groups is 1. The quantitative estimate of drug-likeness (QED) is 0.761. The van der Waals surface area contributed by atoms with E-state index in [1.165, 1.54) is 12.0 Å². The van der Waals surface area contributed by atoms with Gasteiger partial charge in [-0.15, -0.1) is 11.3 Å². The molecule has 0 aromatic carbocycles. The molecular formula is C13H21NO2S. The Balaban J connectivity index is 2.68. The lowest BCUT2D eigenvalue weighted by Gasteiger charge is -2.22. The second kappa shape index (κ2) is 7.45. The molecule has 96 valence electrons. The predicted octanol–water partition coefficient (Wildman–Crippen LogP) is 3.13. The molecule has 0 radical (unpaired) electrons. The van der Waals surface area contributed by atoms with Gasteiger partial charge in [0, 0.05) is 10.9 Å². The van der Waals surface area contributed by atoms with Crippen LogP contribution in [-0.4, -0.2) is 19.1 Å². The standard InChI is InChI=1S/C13H21NO2S/c1-4-7-11(12-8-6-9-17-12)14-10(5-2)13(15)16-3/h6,8-11,14H,4-5,7H2,1-3H3. The molecule has 0 fully saturated rings. The van der Waals surface area contributed by atoms with E-state index in [0.717, 1.165) is 19.3 Å². The molecule has 4 heteroatoms. The predicted molar refractivity (Wildman–Crippen MR) is 71.2 cm³/mol. The average molecular weight is 255 g/mol. The monoisotopic (exact) mass is 255 g/mol. The maximum atomic E-state index is 11.6. The third-order valence-corrected chi connectivity index (χ3v) is 3.75. The smallest absolute Gasteiger partial charge is 0.322 e. The molecule has 0 saturated carbocycles. The highest BCUT2D eigenvalue weighted by atomic mass is 32.1. The van der Waals surface area contributed by atoms with Crippen LogP contribution in [0.4, 0.5) is 0 Å². The van der Waals surface area contributed by atoms with Gasteiger partial charge in [-0.3, -0.25) is 10.1 Å². The van der Waals surface area contributed by atoms with E-state index in [1.54, 1.807) is 11.3 Å². The van der Waals surface area contributed by atoms with Crippen LogP contribution < -0.4 is 5.32 Å². The molecule has 0 spiro atoms. The average Bonchev–Trinajstić information content (AvgIpc) is 2.87. The topological polar surface area (TPSA) is 38.3 Å². The first-order valence-electron chi connectivity index (χ1n) is 6.10. The van der Waals surface area contributed by atoms with Gasteiger partial charge in [-0.25, -0.2) is 0 Å². The fraction of sp³-hybridized carbons (Fsp3) is 0.615. The van der Waals surface area contributed by atoms with Gasteiger partial charge in [0.05, 0.1) is 7.11 Å². The van der Waals surface area contributed by atoms with E-state index in [4.69, 9.17) is 4.74 Å². The maximum Gasteiger partial charge on any atom is 0.322 e. The SMILES string of the molecule is CCCC(NC(CC)C(=O)OC)c1cccs1. The zero-order valence-electron chi connectivity index (χ0n) is 10.7. The van der Waals surface area contributed by atoms with Crippen molar-refractivity contribution in [2.45, 2.75) is 45.2 Å². The van der Waals surface area contributed by atoms with Gasteiger partial charge >= 0.3 is 5.97 Å². The van der Waals surface area contributed by atoms with Crippen LogP contribution in [0, 0.1) is 0 Å². The third kappa shape index (κ3) is 4.13. The number of hydrogen-bond acceptors (Lipinski definition) is 4. The Bertz CT molecular complexity index is 324. The van der Waals surface area contributed by atoms with Gasteiger partial charge in [0.1, 0.15) is 6.04 Å². The Labute approximate surface area is 107 Å². The zero-order chi connectivity index (χ0) is 12.7. The number of carbonyl (C=O) groups excluding carboxylic acids is 1. The van der Waals surface area contributed by atoms with Crippen molar-refractivity contribution in [1.82, 2.24) is 5.32 Å². The minimum absolute atomic E-state index is 0.176. The largest absolute Gasteiger partial charge is 0.468 e. The summed E-state index contributed by atoms with van der Waals surface area (Å²) < 4.78 is 4.80. The van der Waals surface area contributed by atoms with Crippen molar-refractivity contribution < 1.29 is 9.53 Å². The summed E-state index contributed by atoms with van der Waals surface area (Å²) in [5, 5.41) is 5.46. The summed E-state index contributed by atoms with van der Waals surface area (Å²) in [7, 11) is 1.44. The molecule has 0 bridgehead atoms. The first-order chi connectivity index (χ1) is 8.22. The Kier molecular flexibility index (Phi) is 6.22. The van der Waals surface area contributed by atoms with Gasteiger partial charge in [0.15, 0.2) is 0 Å². The maximum absolute atomic E-state index is 11.6. The molecule has 1 rings (SSSR count). The van der Waals surface area contributed by atoms with Crippen LogP contribution in [0.15, 0.2) is 17.5 Å². The molecule has 1 N–H and O–H groups in total. The van der Waals surface area contributed by atoms with E-state index in [1.807, 2.05) is 13.0 Å². The second-order valence-electron chi connectivity index (χ2n) is 4.01. The van der Waals surface area contributed by atoms with E-state index in [0.29, 0.717) is 0 Å². The van der Waals surface area contributed by atoms with Crippen molar-refractivity contribution in [1.29, 1.82) is 0 Å². The summed E-state index contributed by atoms with van der Waals surface area (Å²) in [6, 6.07) is 4.20. The van der Waals surface area contributed by atoms with Crippen molar-refractivity contribution in [3.8, 4) is 0 Å². The second-order valence-corrected chi connectivity index (χ2v) is 4.99. The van der Waals surface area contributed by atoms with Crippen LogP contribution in [0.2, 0.25) is 0 Å². The summed E-state index contributed by atoms with van der Waals surface area (Å²) in [6.07, 6.45) is 2.87. The van der Waals surface area contributed by atoms with E-state index in [9.17, 15) is 4.79 Å². The molecule has 1 heterocycles. The molecule has 0 amide bonds. The van der Waals surface area contributed by atoms with Gasteiger partial charge in [-0.2, -0.15) is 0 Å². The fourth-order valence-electron chi connectivity index (χ4n) is 1.82. The number of rotatable bonds is 7. The van der Waals surface area contributed by atoms with Crippen molar-refractivity contribution in [3.05, 3.63) is 22.4 Å². The zero-order valence-corrected chi connectivity index (χ0v) is 11.5. The highest BCUT2D eigenvalue weighted by molar-refractivity contribution is 7.10. The van der Waals surface area contributed by atoms with Gasteiger partial charge in [-0.1, -0.05) is 26.3 Å². The third-order valence-electron chi connectivity index (χ3n) is 2.76. The van der Waals surface area contributed by atoms with Crippen molar-refractivity contribution >= 4 is 17.3 Å². The van der Waals surface area contributed by atoms with Crippen molar-refractivity contribution in [3.63, 3.8) is 0 Å². The minimum atomic E-state index is -0.210. The van der Waals surface area contributed by atoms with Crippen LogP contribution in [0.5, 0.6) is 0 Å². The summed E-state index contributed by atoms with van der Waals surface area (Å²) in [6.45, 7) is 4.15. The number of nitrogens with one attached hydrogen (secondary N) is 1. The molecule has 0 saturated heterocycles. The lowest BCUT2D eigenvalue weighted by molar-refractivity contribution is -0.143. The van der Waals surface area contributed by atoms with Crippen molar-refractivity contribution in [2.24, 2.45) is 0 Å². The highest BCUT2D eigenvalue weighted by Crippen LogP contribution is 2.24. The summed E-state index contributed by atoms with van der Waals surface area (Å²) in [5.41, 5.74) is 0. The molecule has 2 atom stereocenters. The van der Waals surface area contributed by atoms with E-state index < -0.39 is 0 Å². The van der Waals surface area contributed by atoms with Crippen LogP contribution >= 0.6 is 11.3 Å². The molecule has 1 aromatic heterocycles.